The number of aromatic nitrogens is 1. The Morgan fingerprint density at radius 1 is 1.45 bits per heavy atom. The van der Waals surface area contributed by atoms with Crippen LogP contribution in [0, 0.1) is 15.5 Å². The van der Waals surface area contributed by atoms with Crippen LogP contribution in [0.15, 0.2) is 6.07 Å². The summed E-state index contributed by atoms with van der Waals surface area (Å²) in [5, 5.41) is 0. The minimum Gasteiger partial charge on any atom is -0.298 e. The molecular weight excluding hydrogens is 267 g/mol. The highest BCUT2D eigenvalue weighted by Crippen LogP contribution is 2.11. The maximum atomic E-state index is 12.4. The van der Waals surface area contributed by atoms with Gasteiger partial charge in [-0.05, 0) is 28.7 Å². The molecule has 0 amide bonds. The molecule has 0 aliphatic rings. The van der Waals surface area contributed by atoms with Crippen molar-refractivity contribution in [2.75, 3.05) is 0 Å². The molecule has 2 nitrogen and oxygen atoms in total. The summed E-state index contributed by atoms with van der Waals surface area (Å²) >= 11 is 1.63. The van der Waals surface area contributed by atoms with Crippen molar-refractivity contribution in [1.29, 1.82) is 0 Å². The van der Waals surface area contributed by atoms with Gasteiger partial charge in [-0.2, -0.15) is 13.8 Å². The maximum Gasteiger partial charge on any atom is 0.228 e. The van der Waals surface area contributed by atoms with Crippen LogP contribution < -0.4 is 0 Å². The van der Waals surface area contributed by atoms with Crippen LogP contribution in [-0.2, 0) is 0 Å². The average molecular weight is 269 g/mol. The van der Waals surface area contributed by atoms with Gasteiger partial charge in [0.25, 0.3) is 0 Å². The molecule has 58 valence electrons. The normalized spacial score (nSPS) is 9.73. The molecule has 0 N–H and O–H groups in total. The minimum atomic E-state index is -1.07. The van der Waals surface area contributed by atoms with Gasteiger partial charge in [0, 0.05) is 0 Å². The molecule has 1 rings (SSSR count). The largest absolute Gasteiger partial charge is 0.298 e. The lowest BCUT2D eigenvalue weighted by Crippen LogP contribution is -1.97. The molecule has 0 unspecified atom stereocenters. The first kappa shape index (κ1) is 8.51. The smallest absolute Gasteiger partial charge is 0.228 e. The number of aldehydes is 1. The summed E-state index contributed by atoms with van der Waals surface area (Å²) in [4.78, 5) is 13.0. The molecule has 0 atom stereocenters. The van der Waals surface area contributed by atoms with E-state index >= 15 is 0 Å². The number of carbonyl (C=O) groups excluding carboxylic acids is 1. The molecule has 0 saturated carbocycles. The topological polar surface area (TPSA) is 30.0 Å². The van der Waals surface area contributed by atoms with Crippen molar-refractivity contribution >= 4 is 28.9 Å². The van der Waals surface area contributed by atoms with E-state index in [1.165, 1.54) is 0 Å². The molecule has 0 fully saturated rings. The van der Waals surface area contributed by atoms with Gasteiger partial charge in [0.1, 0.15) is 0 Å². The summed E-state index contributed by atoms with van der Waals surface area (Å²) in [6.45, 7) is 0. The van der Waals surface area contributed by atoms with Crippen LogP contribution in [0.5, 0.6) is 0 Å². The van der Waals surface area contributed by atoms with E-state index in [0.29, 0.717) is 6.29 Å². The third-order valence-electron chi connectivity index (χ3n) is 1.04. The lowest BCUT2D eigenvalue weighted by atomic mass is 10.3. The number of hydrogen-bond acceptors (Lipinski definition) is 2. The summed E-state index contributed by atoms with van der Waals surface area (Å²) in [6, 6.07) is 1.10. The van der Waals surface area contributed by atoms with Crippen molar-refractivity contribution in [1.82, 2.24) is 4.98 Å². The molecule has 0 aromatic carbocycles. The molecule has 1 heterocycles. The highest BCUT2D eigenvalue weighted by molar-refractivity contribution is 14.1. The van der Waals surface area contributed by atoms with E-state index in [2.05, 4.69) is 4.98 Å². The second kappa shape index (κ2) is 3.21. The zero-order valence-electron chi connectivity index (χ0n) is 5.14. The Bertz CT molecular complexity index is 303. The van der Waals surface area contributed by atoms with Crippen LogP contribution in [-0.4, -0.2) is 11.3 Å². The SMILES string of the molecule is O=Cc1cc(I)c(F)nc1F. The molecule has 0 spiro atoms. The Labute approximate surface area is 74.8 Å². The molecule has 11 heavy (non-hydrogen) atoms. The third-order valence-corrected chi connectivity index (χ3v) is 1.80. The van der Waals surface area contributed by atoms with Crippen LogP contribution in [0.4, 0.5) is 8.78 Å². The Morgan fingerprint density at radius 3 is 2.64 bits per heavy atom. The number of nitrogens with zero attached hydrogens (tertiary/aromatic N) is 1. The van der Waals surface area contributed by atoms with Gasteiger partial charge in [-0.3, -0.25) is 4.79 Å². The van der Waals surface area contributed by atoms with E-state index in [4.69, 9.17) is 0 Å². The first-order valence-electron chi connectivity index (χ1n) is 2.62. The zero-order chi connectivity index (χ0) is 8.43. The van der Waals surface area contributed by atoms with E-state index < -0.39 is 11.9 Å². The van der Waals surface area contributed by atoms with Gasteiger partial charge in [0.15, 0.2) is 6.29 Å². The Hall–Kier alpha value is -0.590. The third kappa shape index (κ3) is 1.70. The fourth-order valence-electron chi connectivity index (χ4n) is 0.542. The number of halogens is 3. The molecule has 0 aliphatic carbocycles. The number of rotatable bonds is 1. The molecule has 0 saturated heterocycles. The van der Waals surface area contributed by atoms with Crippen molar-refractivity contribution in [3.05, 3.63) is 27.1 Å². The second-order valence-electron chi connectivity index (χ2n) is 1.76. The van der Waals surface area contributed by atoms with E-state index in [-0.39, 0.29) is 9.13 Å². The predicted molar refractivity (Wildman–Crippen MR) is 42.3 cm³/mol. The van der Waals surface area contributed by atoms with Crippen molar-refractivity contribution in [3.8, 4) is 0 Å². The molecule has 5 heteroatoms. The van der Waals surface area contributed by atoms with E-state index in [9.17, 15) is 13.6 Å². The van der Waals surface area contributed by atoms with Gasteiger partial charge in [-0.15, -0.1) is 0 Å². The van der Waals surface area contributed by atoms with Gasteiger partial charge in [-0.25, -0.2) is 0 Å². The molecule has 0 aliphatic heterocycles. The first-order chi connectivity index (χ1) is 5.15. The van der Waals surface area contributed by atoms with E-state index in [1.54, 1.807) is 22.6 Å². The molecule has 1 aromatic heterocycles. The van der Waals surface area contributed by atoms with Crippen LogP contribution in [0.2, 0.25) is 0 Å². The Balaban J connectivity index is 3.31. The van der Waals surface area contributed by atoms with Crippen molar-refractivity contribution in [3.63, 3.8) is 0 Å². The maximum absolute atomic E-state index is 12.4. The molecule has 0 bridgehead atoms. The van der Waals surface area contributed by atoms with Crippen molar-refractivity contribution in [2.45, 2.75) is 0 Å². The average Bonchev–Trinajstić information content (AvgIpc) is 1.97. The lowest BCUT2D eigenvalue weighted by molar-refractivity contribution is 0.111. The number of pyridine rings is 1. The summed E-state index contributed by atoms with van der Waals surface area (Å²) in [6.07, 6.45) is 0.296. The van der Waals surface area contributed by atoms with Crippen molar-refractivity contribution < 1.29 is 13.6 Å². The number of hydrogen-bond donors (Lipinski definition) is 0. The number of carbonyl (C=O) groups is 1. The van der Waals surface area contributed by atoms with E-state index in [1.807, 2.05) is 0 Å². The van der Waals surface area contributed by atoms with Gasteiger partial charge >= 0.3 is 0 Å². The molecule has 0 radical (unpaired) electrons. The Morgan fingerprint density at radius 2 is 2.09 bits per heavy atom. The van der Waals surface area contributed by atoms with Gasteiger partial charge in [0.05, 0.1) is 9.13 Å². The molecular formula is C6H2F2INO. The van der Waals surface area contributed by atoms with Crippen LogP contribution in [0.25, 0.3) is 0 Å². The van der Waals surface area contributed by atoms with E-state index in [0.717, 1.165) is 6.07 Å². The fourth-order valence-corrected chi connectivity index (χ4v) is 0.999. The summed E-state index contributed by atoms with van der Waals surface area (Å²) in [5.41, 5.74) is -0.226. The van der Waals surface area contributed by atoms with Gasteiger partial charge in [0.2, 0.25) is 11.9 Å². The standard InChI is InChI=1S/C6H2F2INO/c7-5-3(2-11)1-4(9)6(8)10-5/h1-2H. The summed E-state index contributed by atoms with van der Waals surface area (Å²) in [5.74, 6) is -1.97. The van der Waals surface area contributed by atoms with Crippen LogP contribution in [0.1, 0.15) is 10.4 Å². The van der Waals surface area contributed by atoms with Gasteiger partial charge in [-0.1, -0.05) is 0 Å². The highest BCUT2D eigenvalue weighted by atomic mass is 127. The molecule has 1 aromatic rings. The summed E-state index contributed by atoms with van der Waals surface area (Å²) in [7, 11) is 0. The fraction of sp³-hybridized carbons (Fsp3) is 0. The Kier molecular flexibility index (Phi) is 2.48. The first-order valence-corrected chi connectivity index (χ1v) is 3.69. The zero-order valence-corrected chi connectivity index (χ0v) is 7.30. The summed E-state index contributed by atoms with van der Waals surface area (Å²) < 4.78 is 25.0. The minimum absolute atomic E-state index is 0.131. The van der Waals surface area contributed by atoms with Gasteiger partial charge < -0.3 is 0 Å². The highest BCUT2D eigenvalue weighted by Gasteiger charge is 2.07. The lowest BCUT2D eigenvalue weighted by Gasteiger charge is -1.95. The van der Waals surface area contributed by atoms with Crippen molar-refractivity contribution in [2.24, 2.45) is 0 Å². The van der Waals surface area contributed by atoms with Crippen LogP contribution >= 0.6 is 22.6 Å². The monoisotopic (exact) mass is 269 g/mol. The predicted octanol–water partition coefficient (Wildman–Crippen LogP) is 1.78. The second-order valence-corrected chi connectivity index (χ2v) is 2.92. The quantitative estimate of drug-likeness (QED) is 0.442. The van der Waals surface area contributed by atoms with Crippen LogP contribution in [0.3, 0.4) is 0 Å².